The molecule has 0 aliphatic carbocycles. The van der Waals surface area contributed by atoms with Crippen LogP contribution >= 0.6 is 0 Å². The van der Waals surface area contributed by atoms with Gasteiger partial charge in [-0.05, 0) is 17.7 Å². The second-order valence-electron chi connectivity index (χ2n) is 5.07. The highest BCUT2D eigenvalue weighted by atomic mass is 19.4. The van der Waals surface area contributed by atoms with Crippen LogP contribution in [0.1, 0.15) is 18.0 Å². The summed E-state index contributed by atoms with van der Waals surface area (Å²) in [5, 5.41) is 3.09. The molecular weight excluding hydrogens is 307 g/mol. The van der Waals surface area contributed by atoms with Gasteiger partial charge in [0, 0.05) is 32.2 Å². The smallest absolute Gasteiger partial charge is 0.390 e. The number of benzene rings is 1. The molecule has 0 amide bonds. The standard InChI is InChI=1S/C14H17F5N2O/c15-13(16)22-11-3-1-10(2-4-11)12(9-14(17,18)19)21-7-5-20-6-8-21/h1-4,12-13,20H,5-9H2/t12-/m1/s1. The number of piperazine rings is 1. The monoisotopic (exact) mass is 324 g/mol. The van der Waals surface area contributed by atoms with Crippen molar-refractivity contribution in [2.75, 3.05) is 26.2 Å². The van der Waals surface area contributed by atoms with Gasteiger partial charge in [0.05, 0.1) is 6.42 Å². The van der Waals surface area contributed by atoms with Crippen molar-refractivity contribution in [3.63, 3.8) is 0 Å². The predicted octanol–water partition coefficient (Wildman–Crippen LogP) is 3.19. The van der Waals surface area contributed by atoms with Gasteiger partial charge in [-0.3, -0.25) is 4.90 Å². The summed E-state index contributed by atoms with van der Waals surface area (Å²) in [4.78, 5) is 1.76. The van der Waals surface area contributed by atoms with Gasteiger partial charge >= 0.3 is 12.8 Å². The Bertz CT molecular complexity index is 457. The Morgan fingerprint density at radius 3 is 2.18 bits per heavy atom. The lowest BCUT2D eigenvalue weighted by molar-refractivity contribution is -0.148. The van der Waals surface area contributed by atoms with Crippen LogP contribution in [0.25, 0.3) is 0 Å². The van der Waals surface area contributed by atoms with Gasteiger partial charge in [-0.15, -0.1) is 0 Å². The van der Waals surface area contributed by atoms with Gasteiger partial charge in [0.2, 0.25) is 0 Å². The fourth-order valence-corrected chi connectivity index (χ4v) is 2.54. The van der Waals surface area contributed by atoms with Crippen LogP contribution in [0.3, 0.4) is 0 Å². The van der Waals surface area contributed by atoms with E-state index in [9.17, 15) is 22.0 Å². The summed E-state index contributed by atoms with van der Waals surface area (Å²) in [7, 11) is 0. The van der Waals surface area contributed by atoms with Crippen LogP contribution in [-0.2, 0) is 0 Å². The van der Waals surface area contributed by atoms with Crippen LogP contribution < -0.4 is 10.1 Å². The zero-order valence-corrected chi connectivity index (χ0v) is 11.7. The third kappa shape index (κ3) is 5.10. The fraction of sp³-hybridized carbons (Fsp3) is 0.571. The normalized spacial score (nSPS) is 18.5. The van der Waals surface area contributed by atoms with Crippen LogP contribution in [0, 0.1) is 0 Å². The molecule has 1 heterocycles. The van der Waals surface area contributed by atoms with E-state index < -0.39 is 25.3 Å². The number of hydrogen-bond donors (Lipinski definition) is 1. The zero-order valence-electron chi connectivity index (χ0n) is 11.7. The lowest BCUT2D eigenvalue weighted by Crippen LogP contribution is -2.46. The molecule has 22 heavy (non-hydrogen) atoms. The first-order valence-corrected chi connectivity index (χ1v) is 6.91. The first-order valence-electron chi connectivity index (χ1n) is 6.91. The molecule has 1 aromatic rings. The summed E-state index contributed by atoms with van der Waals surface area (Å²) in [6.07, 6.45) is -5.27. The largest absolute Gasteiger partial charge is 0.435 e. The molecule has 0 saturated carbocycles. The molecule has 124 valence electrons. The Morgan fingerprint density at radius 2 is 1.68 bits per heavy atom. The minimum absolute atomic E-state index is 0.0650. The lowest BCUT2D eigenvalue weighted by Gasteiger charge is -2.35. The molecule has 1 aliphatic rings. The number of nitrogens with zero attached hydrogens (tertiary/aromatic N) is 1. The van der Waals surface area contributed by atoms with E-state index in [-0.39, 0.29) is 5.75 Å². The molecule has 1 N–H and O–H groups in total. The summed E-state index contributed by atoms with van der Waals surface area (Å²) >= 11 is 0. The SMILES string of the molecule is FC(F)Oc1ccc([C@@H](CC(F)(F)F)N2CCNCC2)cc1. The van der Waals surface area contributed by atoms with Gasteiger partial charge in [0.15, 0.2) is 0 Å². The number of nitrogens with one attached hydrogen (secondary N) is 1. The average molecular weight is 324 g/mol. The highest BCUT2D eigenvalue weighted by molar-refractivity contribution is 5.29. The van der Waals surface area contributed by atoms with Gasteiger partial charge in [-0.2, -0.15) is 22.0 Å². The molecule has 0 unspecified atom stereocenters. The first-order chi connectivity index (χ1) is 10.3. The quantitative estimate of drug-likeness (QED) is 0.842. The minimum Gasteiger partial charge on any atom is -0.435 e. The molecule has 8 heteroatoms. The van der Waals surface area contributed by atoms with E-state index in [2.05, 4.69) is 10.1 Å². The van der Waals surface area contributed by atoms with Gasteiger partial charge in [-0.1, -0.05) is 12.1 Å². The van der Waals surface area contributed by atoms with Crippen molar-refractivity contribution in [2.24, 2.45) is 0 Å². The Balaban J connectivity index is 2.16. The third-order valence-electron chi connectivity index (χ3n) is 3.51. The number of halogens is 5. The van der Waals surface area contributed by atoms with Crippen LogP contribution in [0.15, 0.2) is 24.3 Å². The Kier molecular flexibility index (Phi) is 5.57. The van der Waals surface area contributed by atoms with Crippen molar-refractivity contribution in [3.8, 4) is 5.75 Å². The number of hydrogen-bond acceptors (Lipinski definition) is 3. The molecule has 0 aromatic heterocycles. The molecule has 1 fully saturated rings. The van der Waals surface area contributed by atoms with Crippen LogP contribution in [0.2, 0.25) is 0 Å². The maximum Gasteiger partial charge on any atom is 0.390 e. The number of alkyl halides is 5. The molecule has 1 aromatic carbocycles. The fourth-order valence-electron chi connectivity index (χ4n) is 2.54. The summed E-state index contributed by atoms with van der Waals surface area (Å²) in [6.45, 7) is -0.682. The summed E-state index contributed by atoms with van der Waals surface area (Å²) in [5.41, 5.74) is 0.445. The number of rotatable bonds is 5. The maximum absolute atomic E-state index is 12.8. The van der Waals surface area contributed by atoms with Crippen LogP contribution in [0.5, 0.6) is 5.75 Å². The minimum atomic E-state index is -4.30. The van der Waals surface area contributed by atoms with E-state index >= 15 is 0 Å². The van der Waals surface area contributed by atoms with E-state index in [0.717, 1.165) is 0 Å². The van der Waals surface area contributed by atoms with E-state index in [1.165, 1.54) is 24.3 Å². The van der Waals surface area contributed by atoms with Crippen molar-refractivity contribution in [2.45, 2.75) is 25.3 Å². The second-order valence-corrected chi connectivity index (χ2v) is 5.07. The summed E-state index contributed by atoms with van der Waals surface area (Å²) in [5.74, 6) is -0.0650. The Hall–Kier alpha value is -1.41. The Morgan fingerprint density at radius 1 is 1.09 bits per heavy atom. The van der Waals surface area contributed by atoms with Gasteiger partial charge in [0.1, 0.15) is 5.75 Å². The van der Waals surface area contributed by atoms with Crippen molar-refractivity contribution in [3.05, 3.63) is 29.8 Å². The van der Waals surface area contributed by atoms with Crippen LogP contribution in [0.4, 0.5) is 22.0 Å². The predicted molar refractivity (Wildman–Crippen MR) is 70.9 cm³/mol. The van der Waals surface area contributed by atoms with Crippen molar-refractivity contribution in [1.82, 2.24) is 10.2 Å². The second kappa shape index (κ2) is 7.23. The van der Waals surface area contributed by atoms with Gasteiger partial charge in [-0.25, -0.2) is 0 Å². The lowest BCUT2D eigenvalue weighted by atomic mass is 10.0. The zero-order chi connectivity index (χ0) is 16.2. The molecule has 1 aliphatic heterocycles. The van der Waals surface area contributed by atoms with Gasteiger partial charge < -0.3 is 10.1 Å². The summed E-state index contributed by atoms with van der Waals surface area (Å²) < 4.78 is 66.9. The molecule has 1 atom stereocenters. The van der Waals surface area contributed by atoms with E-state index in [1.54, 1.807) is 4.90 Å². The van der Waals surface area contributed by atoms with Crippen molar-refractivity contribution < 1.29 is 26.7 Å². The van der Waals surface area contributed by atoms with Crippen LogP contribution in [-0.4, -0.2) is 43.9 Å². The molecule has 3 nitrogen and oxygen atoms in total. The number of ether oxygens (including phenoxy) is 1. The van der Waals surface area contributed by atoms with Gasteiger partial charge in [0.25, 0.3) is 0 Å². The van der Waals surface area contributed by atoms with Crippen molar-refractivity contribution in [1.29, 1.82) is 0 Å². The van der Waals surface area contributed by atoms with E-state index in [4.69, 9.17) is 0 Å². The molecule has 1 saturated heterocycles. The molecular formula is C14H17F5N2O. The summed E-state index contributed by atoms with van der Waals surface area (Å²) in [6, 6.07) is 4.55. The average Bonchev–Trinajstić information content (AvgIpc) is 2.45. The maximum atomic E-state index is 12.8. The Labute approximate surface area is 125 Å². The molecule has 2 rings (SSSR count). The molecule has 0 spiro atoms. The highest BCUT2D eigenvalue weighted by Crippen LogP contribution is 2.34. The molecule has 0 radical (unpaired) electrons. The van der Waals surface area contributed by atoms with Crippen molar-refractivity contribution >= 4 is 0 Å². The molecule has 0 bridgehead atoms. The topological polar surface area (TPSA) is 24.5 Å². The first kappa shape index (κ1) is 17.0. The third-order valence-corrected chi connectivity index (χ3v) is 3.51. The highest BCUT2D eigenvalue weighted by Gasteiger charge is 2.35. The van der Waals surface area contributed by atoms with E-state index in [0.29, 0.717) is 31.7 Å². The van der Waals surface area contributed by atoms with E-state index in [1.807, 2.05) is 0 Å².